The van der Waals surface area contributed by atoms with Crippen LogP contribution in [0.2, 0.25) is 0 Å². The van der Waals surface area contributed by atoms with Crippen molar-refractivity contribution >= 4 is 22.5 Å². The normalized spacial score (nSPS) is 17.4. The van der Waals surface area contributed by atoms with Gasteiger partial charge in [-0.15, -0.1) is 0 Å². The van der Waals surface area contributed by atoms with Gasteiger partial charge in [-0.3, -0.25) is 4.79 Å². The van der Waals surface area contributed by atoms with Crippen LogP contribution in [-0.4, -0.2) is 39.3 Å². The summed E-state index contributed by atoms with van der Waals surface area (Å²) in [7, 11) is 0. The third-order valence-electron chi connectivity index (χ3n) is 4.69. The summed E-state index contributed by atoms with van der Waals surface area (Å²) in [5.41, 5.74) is 0.366. The van der Waals surface area contributed by atoms with Crippen LogP contribution in [0, 0.1) is 5.82 Å². The number of hydrogen-bond acceptors (Lipinski definition) is 6. The van der Waals surface area contributed by atoms with Gasteiger partial charge in [0.05, 0.1) is 5.52 Å². The molecule has 3 heterocycles. The summed E-state index contributed by atoms with van der Waals surface area (Å²) in [6.45, 7) is 1.56. The standard InChI is InChI=1S/C18H19FN6O/c19-12-4-5-14-15(9-12)21-11-22-18(14)20-10-13-3-1-2-8-25(13)16-6-7-17(26)24-23-16/h4-7,9,11,13H,1-3,8,10H2,(H,24,26)(H,20,21,22). The largest absolute Gasteiger partial charge is 0.367 e. The zero-order chi connectivity index (χ0) is 17.9. The molecule has 1 aromatic carbocycles. The topological polar surface area (TPSA) is 86.8 Å². The first kappa shape index (κ1) is 16.4. The molecular weight excluding hydrogens is 335 g/mol. The van der Waals surface area contributed by atoms with E-state index in [4.69, 9.17) is 0 Å². The Morgan fingerprint density at radius 1 is 1.23 bits per heavy atom. The molecule has 1 fully saturated rings. The summed E-state index contributed by atoms with van der Waals surface area (Å²) in [5, 5.41) is 10.8. The maximum atomic E-state index is 13.4. The second-order valence-corrected chi connectivity index (χ2v) is 6.39. The maximum absolute atomic E-state index is 13.4. The second kappa shape index (κ2) is 7.07. The van der Waals surface area contributed by atoms with E-state index >= 15 is 0 Å². The van der Waals surface area contributed by atoms with Crippen LogP contribution in [-0.2, 0) is 0 Å². The van der Waals surface area contributed by atoms with Crippen LogP contribution in [0.3, 0.4) is 0 Å². The number of rotatable bonds is 4. The first-order valence-electron chi connectivity index (χ1n) is 8.67. The fourth-order valence-electron chi connectivity index (χ4n) is 3.40. The molecule has 2 N–H and O–H groups in total. The van der Waals surface area contributed by atoms with Gasteiger partial charge in [0.1, 0.15) is 23.8 Å². The van der Waals surface area contributed by atoms with E-state index in [1.165, 1.54) is 24.5 Å². The molecule has 1 aliphatic heterocycles. The zero-order valence-corrected chi connectivity index (χ0v) is 14.2. The summed E-state index contributed by atoms with van der Waals surface area (Å²) >= 11 is 0. The average molecular weight is 354 g/mol. The van der Waals surface area contributed by atoms with E-state index in [-0.39, 0.29) is 17.4 Å². The van der Waals surface area contributed by atoms with Crippen molar-refractivity contribution < 1.29 is 4.39 Å². The van der Waals surface area contributed by atoms with Crippen LogP contribution in [0.4, 0.5) is 16.0 Å². The van der Waals surface area contributed by atoms with Crippen LogP contribution in [0.1, 0.15) is 19.3 Å². The van der Waals surface area contributed by atoms with Crippen molar-refractivity contribution in [3.8, 4) is 0 Å². The number of nitrogens with zero attached hydrogens (tertiary/aromatic N) is 4. The Hall–Kier alpha value is -3.03. The number of nitrogens with one attached hydrogen (secondary N) is 2. The minimum atomic E-state index is -0.315. The Morgan fingerprint density at radius 2 is 2.15 bits per heavy atom. The molecule has 0 saturated carbocycles. The summed E-state index contributed by atoms with van der Waals surface area (Å²) in [5.74, 6) is 1.14. The molecule has 26 heavy (non-hydrogen) atoms. The predicted octanol–water partition coefficient (Wildman–Crippen LogP) is 2.32. The van der Waals surface area contributed by atoms with Crippen LogP contribution in [0.5, 0.6) is 0 Å². The lowest BCUT2D eigenvalue weighted by molar-refractivity contribution is 0.467. The van der Waals surface area contributed by atoms with E-state index in [0.29, 0.717) is 17.9 Å². The van der Waals surface area contributed by atoms with Gasteiger partial charge in [-0.2, -0.15) is 5.10 Å². The molecule has 0 radical (unpaired) electrons. The van der Waals surface area contributed by atoms with Crippen LogP contribution < -0.4 is 15.8 Å². The molecule has 1 saturated heterocycles. The highest BCUT2D eigenvalue weighted by Gasteiger charge is 2.24. The average Bonchev–Trinajstić information content (AvgIpc) is 2.67. The smallest absolute Gasteiger partial charge is 0.264 e. The van der Waals surface area contributed by atoms with Crippen molar-refractivity contribution in [2.45, 2.75) is 25.3 Å². The fourth-order valence-corrected chi connectivity index (χ4v) is 3.40. The number of hydrogen-bond donors (Lipinski definition) is 2. The molecule has 1 atom stereocenters. The Bertz CT molecular complexity index is 955. The number of aromatic nitrogens is 4. The fraction of sp³-hybridized carbons (Fsp3) is 0.333. The third-order valence-corrected chi connectivity index (χ3v) is 4.69. The van der Waals surface area contributed by atoms with Gasteiger partial charge in [0.25, 0.3) is 5.56 Å². The van der Waals surface area contributed by atoms with Crippen molar-refractivity contribution in [2.75, 3.05) is 23.3 Å². The molecule has 7 nitrogen and oxygen atoms in total. The van der Waals surface area contributed by atoms with Crippen molar-refractivity contribution in [2.24, 2.45) is 0 Å². The number of benzene rings is 1. The van der Waals surface area contributed by atoms with Crippen molar-refractivity contribution in [1.82, 2.24) is 20.2 Å². The molecular formula is C18H19FN6O. The number of halogens is 1. The Labute approximate surface area is 149 Å². The predicted molar refractivity (Wildman–Crippen MR) is 97.8 cm³/mol. The van der Waals surface area contributed by atoms with Crippen molar-refractivity contribution in [3.05, 3.63) is 52.8 Å². The second-order valence-electron chi connectivity index (χ2n) is 6.39. The number of anilines is 2. The molecule has 0 spiro atoms. The van der Waals surface area contributed by atoms with E-state index in [1.807, 2.05) is 0 Å². The molecule has 1 unspecified atom stereocenters. The highest BCUT2D eigenvalue weighted by molar-refractivity contribution is 5.88. The van der Waals surface area contributed by atoms with Gasteiger partial charge in [0, 0.05) is 36.7 Å². The van der Waals surface area contributed by atoms with Gasteiger partial charge >= 0.3 is 0 Å². The zero-order valence-electron chi connectivity index (χ0n) is 14.2. The van der Waals surface area contributed by atoms with Gasteiger partial charge in [-0.05, 0) is 37.5 Å². The van der Waals surface area contributed by atoms with E-state index in [1.54, 1.807) is 12.1 Å². The van der Waals surface area contributed by atoms with Crippen molar-refractivity contribution in [3.63, 3.8) is 0 Å². The first-order valence-corrected chi connectivity index (χ1v) is 8.67. The Balaban J connectivity index is 1.54. The maximum Gasteiger partial charge on any atom is 0.264 e. The van der Waals surface area contributed by atoms with E-state index in [9.17, 15) is 9.18 Å². The SMILES string of the molecule is O=c1ccc(N2CCCCC2CNc2ncnc3cc(F)ccc23)n[nH]1. The monoisotopic (exact) mass is 354 g/mol. The number of H-pyrrole nitrogens is 1. The number of piperidine rings is 1. The summed E-state index contributed by atoms with van der Waals surface area (Å²) < 4.78 is 13.4. The lowest BCUT2D eigenvalue weighted by Crippen LogP contribution is -2.44. The van der Waals surface area contributed by atoms with Crippen LogP contribution in [0.25, 0.3) is 10.9 Å². The van der Waals surface area contributed by atoms with Gasteiger partial charge in [-0.25, -0.2) is 19.5 Å². The highest BCUT2D eigenvalue weighted by Crippen LogP contribution is 2.24. The molecule has 8 heteroatoms. The molecule has 0 bridgehead atoms. The highest BCUT2D eigenvalue weighted by atomic mass is 19.1. The van der Waals surface area contributed by atoms with Crippen LogP contribution >= 0.6 is 0 Å². The third kappa shape index (κ3) is 3.35. The molecule has 134 valence electrons. The van der Waals surface area contributed by atoms with Gasteiger partial charge < -0.3 is 10.2 Å². The lowest BCUT2D eigenvalue weighted by Gasteiger charge is -2.36. The van der Waals surface area contributed by atoms with E-state index < -0.39 is 0 Å². The minimum absolute atomic E-state index is 0.208. The van der Waals surface area contributed by atoms with E-state index in [0.717, 1.165) is 37.0 Å². The molecule has 4 rings (SSSR count). The Kier molecular flexibility index (Phi) is 4.47. The summed E-state index contributed by atoms with van der Waals surface area (Å²) in [6, 6.07) is 7.98. The summed E-state index contributed by atoms with van der Waals surface area (Å²) in [6.07, 6.45) is 4.69. The molecule has 0 aliphatic carbocycles. The molecule has 3 aromatic rings. The van der Waals surface area contributed by atoms with Crippen molar-refractivity contribution in [1.29, 1.82) is 0 Å². The van der Waals surface area contributed by atoms with Gasteiger partial charge in [0.2, 0.25) is 0 Å². The Morgan fingerprint density at radius 3 is 3.00 bits per heavy atom. The first-order chi connectivity index (χ1) is 12.7. The molecule has 0 amide bonds. The van der Waals surface area contributed by atoms with Gasteiger partial charge in [-0.1, -0.05) is 0 Å². The molecule has 1 aliphatic rings. The number of aromatic amines is 1. The van der Waals surface area contributed by atoms with Crippen LogP contribution in [0.15, 0.2) is 41.5 Å². The van der Waals surface area contributed by atoms with Gasteiger partial charge in [0.15, 0.2) is 0 Å². The summed E-state index contributed by atoms with van der Waals surface area (Å²) in [4.78, 5) is 21.9. The minimum Gasteiger partial charge on any atom is -0.367 e. The molecule has 2 aromatic heterocycles. The number of fused-ring (bicyclic) bond motifs is 1. The lowest BCUT2D eigenvalue weighted by atomic mass is 10.0. The van der Waals surface area contributed by atoms with E-state index in [2.05, 4.69) is 30.4 Å². The quantitative estimate of drug-likeness (QED) is 0.748.